The maximum Gasteiger partial charge on any atom is 0.230 e. The lowest BCUT2D eigenvalue weighted by Gasteiger charge is -2.28. The molecule has 0 spiro atoms. The van der Waals surface area contributed by atoms with E-state index in [-0.39, 0.29) is 5.91 Å². The molecule has 2 aromatic heterocycles. The van der Waals surface area contributed by atoms with Crippen LogP contribution in [-0.4, -0.2) is 27.0 Å². The third-order valence-electron chi connectivity index (χ3n) is 6.14. The second-order valence-electron chi connectivity index (χ2n) is 8.49. The number of thiazole rings is 1. The van der Waals surface area contributed by atoms with Crippen LogP contribution in [0.25, 0.3) is 21.3 Å². The highest BCUT2D eigenvalue weighted by molar-refractivity contribution is 7.18. The minimum Gasteiger partial charge on any atom is -0.355 e. The maximum atomic E-state index is 13.5. The molecule has 0 aliphatic carbocycles. The van der Waals surface area contributed by atoms with Gasteiger partial charge in [0.25, 0.3) is 0 Å². The standard InChI is InChI=1S/C27H26N4OS/c1-27(20-10-3-2-4-11-20,18-25-30-22-13-6-8-15-24(22)33-25)26(32)28-16-9-17-31-19-29-21-12-5-7-14-23(21)31/h2-8,10-15,19H,9,16-18H2,1H3,(H,28,32). The van der Waals surface area contributed by atoms with Gasteiger partial charge < -0.3 is 9.88 Å². The zero-order chi connectivity index (χ0) is 22.7. The molecule has 5 rings (SSSR count). The van der Waals surface area contributed by atoms with Crippen molar-refractivity contribution in [2.75, 3.05) is 6.54 Å². The first kappa shape index (κ1) is 21.3. The molecule has 1 atom stereocenters. The normalized spacial score (nSPS) is 13.2. The molecule has 1 amide bonds. The van der Waals surface area contributed by atoms with E-state index in [2.05, 4.69) is 27.0 Å². The fourth-order valence-electron chi connectivity index (χ4n) is 4.25. The van der Waals surface area contributed by atoms with Crippen LogP contribution in [0.2, 0.25) is 0 Å². The SMILES string of the molecule is CC(Cc1nc2ccccc2s1)(C(=O)NCCCn1cnc2ccccc21)c1ccccc1. The molecule has 33 heavy (non-hydrogen) atoms. The van der Waals surface area contributed by atoms with Crippen molar-refractivity contribution in [3.63, 3.8) is 0 Å². The Balaban J connectivity index is 1.30. The van der Waals surface area contributed by atoms with E-state index in [1.54, 1.807) is 11.3 Å². The number of imidazole rings is 1. The minimum atomic E-state index is -0.698. The summed E-state index contributed by atoms with van der Waals surface area (Å²) in [5.41, 5.74) is 3.41. The molecule has 1 unspecified atom stereocenters. The van der Waals surface area contributed by atoms with Gasteiger partial charge in [-0.25, -0.2) is 9.97 Å². The van der Waals surface area contributed by atoms with Crippen molar-refractivity contribution in [3.8, 4) is 0 Å². The highest BCUT2D eigenvalue weighted by atomic mass is 32.1. The average molecular weight is 455 g/mol. The van der Waals surface area contributed by atoms with Crippen molar-refractivity contribution >= 4 is 38.5 Å². The van der Waals surface area contributed by atoms with Gasteiger partial charge in [0.1, 0.15) is 0 Å². The summed E-state index contributed by atoms with van der Waals surface area (Å²) in [5, 5.41) is 4.17. The van der Waals surface area contributed by atoms with E-state index in [1.165, 1.54) is 0 Å². The molecule has 0 saturated carbocycles. The Kier molecular flexibility index (Phi) is 5.92. The van der Waals surface area contributed by atoms with Crippen molar-refractivity contribution in [2.45, 2.75) is 31.7 Å². The van der Waals surface area contributed by atoms with Gasteiger partial charge in [-0.1, -0.05) is 54.6 Å². The number of para-hydroxylation sites is 3. The van der Waals surface area contributed by atoms with E-state index in [1.807, 2.05) is 80.0 Å². The molecule has 1 N–H and O–H groups in total. The molecular formula is C27H26N4OS. The molecule has 5 nitrogen and oxygen atoms in total. The van der Waals surface area contributed by atoms with Gasteiger partial charge in [-0.15, -0.1) is 11.3 Å². The first-order valence-electron chi connectivity index (χ1n) is 11.2. The molecular weight excluding hydrogens is 428 g/mol. The van der Waals surface area contributed by atoms with Crippen LogP contribution >= 0.6 is 11.3 Å². The van der Waals surface area contributed by atoms with Gasteiger partial charge >= 0.3 is 0 Å². The molecule has 0 fully saturated rings. The zero-order valence-corrected chi connectivity index (χ0v) is 19.4. The van der Waals surface area contributed by atoms with E-state index in [4.69, 9.17) is 4.98 Å². The maximum absolute atomic E-state index is 13.5. The van der Waals surface area contributed by atoms with Crippen LogP contribution in [0.5, 0.6) is 0 Å². The Morgan fingerprint density at radius 3 is 2.52 bits per heavy atom. The highest BCUT2D eigenvalue weighted by Gasteiger charge is 2.36. The van der Waals surface area contributed by atoms with Gasteiger partial charge in [-0.2, -0.15) is 0 Å². The van der Waals surface area contributed by atoms with Gasteiger partial charge in [0.2, 0.25) is 5.91 Å². The number of benzene rings is 3. The number of carbonyl (C=O) groups excluding carboxylic acids is 1. The molecule has 2 heterocycles. The zero-order valence-electron chi connectivity index (χ0n) is 18.6. The van der Waals surface area contributed by atoms with Gasteiger partial charge in [0.15, 0.2) is 0 Å². The van der Waals surface area contributed by atoms with Crippen LogP contribution in [0, 0.1) is 0 Å². The minimum absolute atomic E-state index is 0.0310. The number of hydrogen-bond acceptors (Lipinski definition) is 4. The number of nitrogens with one attached hydrogen (secondary N) is 1. The molecule has 0 saturated heterocycles. The Morgan fingerprint density at radius 1 is 0.970 bits per heavy atom. The second-order valence-corrected chi connectivity index (χ2v) is 9.60. The van der Waals surface area contributed by atoms with Crippen LogP contribution in [-0.2, 0) is 23.2 Å². The highest BCUT2D eigenvalue weighted by Crippen LogP contribution is 2.32. The summed E-state index contributed by atoms with van der Waals surface area (Å²) in [6.45, 7) is 3.43. The summed E-state index contributed by atoms with van der Waals surface area (Å²) in [6.07, 6.45) is 3.26. The van der Waals surface area contributed by atoms with E-state index < -0.39 is 5.41 Å². The lowest BCUT2D eigenvalue weighted by molar-refractivity contribution is -0.126. The predicted molar refractivity (Wildman–Crippen MR) is 134 cm³/mol. The number of amides is 1. The summed E-state index contributed by atoms with van der Waals surface area (Å²) in [6, 6.07) is 26.3. The number of aromatic nitrogens is 3. The van der Waals surface area contributed by atoms with Crippen molar-refractivity contribution in [2.24, 2.45) is 0 Å². The molecule has 166 valence electrons. The fraction of sp³-hybridized carbons (Fsp3) is 0.222. The summed E-state index contributed by atoms with van der Waals surface area (Å²) in [5.74, 6) is 0.0310. The number of aryl methyl sites for hydroxylation is 1. The fourth-order valence-corrected chi connectivity index (χ4v) is 5.38. The van der Waals surface area contributed by atoms with Crippen molar-refractivity contribution < 1.29 is 4.79 Å². The van der Waals surface area contributed by atoms with Crippen molar-refractivity contribution in [1.82, 2.24) is 19.9 Å². The number of fused-ring (bicyclic) bond motifs is 2. The van der Waals surface area contributed by atoms with E-state index in [9.17, 15) is 4.79 Å². The van der Waals surface area contributed by atoms with E-state index >= 15 is 0 Å². The lowest BCUT2D eigenvalue weighted by atomic mass is 9.78. The Morgan fingerprint density at radius 2 is 1.70 bits per heavy atom. The summed E-state index contributed by atoms with van der Waals surface area (Å²) >= 11 is 1.66. The number of rotatable bonds is 8. The van der Waals surface area contributed by atoms with Gasteiger partial charge in [-0.3, -0.25) is 4.79 Å². The van der Waals surface area contributed by atoms with Gasteiger partial charge in [0, 0.05) is 19.5 Å². The first-order valence-corrected chi connectivity index (χ1v) is 12.0. The predicted octanol–water partition coefficient (Wildman–Crippen LogP) is 5.35. The molecule has 0 bridgehead atoms. The topological polar surface area (TPSA) is 59.8 Å². The molecule has 5 aromatic rings. The molecule has 6 heteroatoms. The van der Waals surface area contributed by atoms with Gasteiger partial charge in [0.05, 0.1) is 38.0 Å². The summed E-state index contributed by atoms with van der Waals surface area (Å²) < 4.78 is 3.29. The molecule has 0 aliphatic heterocycles. The summed E-state index contributed by atoms with van der Waals surface area (Å²) in [7, 11) is 0. The second kappa shape index (κ2) is 9.16. The number of hydrogen-bond donors (Lipinski definition) is 1. The monoisotopic (exact) mass is 454 g/mol. The van der Waals surface area contributed by atoms with Crippen LogP contribution in [0.1, 0.15) is 23.9 Å². The average Bonchev–Trinajstić information content (AvgIpc) is 3.45. The Labute approximate surface area is 197 Å². The Hall–Kier alpha value is -3.51. The largest absolute Gasteiger partial charge is 0.355 e. The van der Waals surface area contributed by atoms with Crippen LogP contribution in [0.3, 0.4) is 0 Å². The van der Waals surface area contributed by atoms with E-state index in [0.29, 0.717) is 13.0 Å². The third kappa shape index (κ3) is 4.39. The van der Waals surface area contributed by atoms with Crippen LogP contribution in [0.15, 0.2) is 85.2 Å². The molecule has 0 radical (unpaired) electrons. The van der Waals surface area contributed by atoms with Crippen molar-refractivity contribution in [3.05, 3.63) is 95.8 Å². The van der Waals surface area contributed by atoms with Crippen LogP contribution < -0.4 is 5.32 Å². The van der Waals surface area contributed by atoms with E-state index in [0.717, 1.165) is 44.8 Å². The lowest BCUT2D eigenvalue weighted by Crippen LogP contribution is -2.44. The van der Waals surface area contributed by atoms with Gasteiger partial charge in [-0.05, 0) is 43.2 Å². The third-order valence-corrected chi connectivity index (χ3v) is 7.18. The Bertz CT molecular complexity index is 1360. The first-order chi connectivity index (χ1) is 16.1. The van der Waals surface area contributed by atoms with Crippen LogP contribution in [0.4, 0.5) is 0 Å². The number of nitrogens with zero attached hydrogens (tertiary/aromatic N) is 3. The molecule has 0 aliphatic rings. The quantitative estimate of drug-likeness (QED) is 0.321. The number of carbonyl (C=O) groups is 1. The smallest absolute Gasteiger partial charge is 0.230 e. The summed E-state index contributed by atoms with van der Waals surface area (Å²) in [4.78, 5) is 22.7. The molecule has 3 aromatic carbocycles. The van der Waals surface area contributed by atoms with Crippen molar-refractivity contribution in [1.29, 1.82) is 0 Å².